The molecule has 0 unspecified atom stereocenters. The van der Waals surface area contributed by atoms with Crippen LogP contribution in [-0.2, 0) is 19.5 Å². The average Bonchev–Trinajstić information content (AvgIpc) is 3.26. The van der Waals surface area contributed by atoms with E-state index >= 15 is 0 Å². The van der Waals surface area contributed by atoms with Gasteiger partial charge in [0, 0.05) is 15.6 Å². The van der Waals surface area contributed by atoms with Gasteiger partial charge in [0.05, 0.1) is 20.1 Å². The number of carbonyl (C=O) groups excluding carboxylic acids is 1. The number of carbonyl (C=O) groups is 1. The van der Waals surface area contributed by atoms with Crippen LogP contribution in [0.2, 0.25) is 0 Å². The second-order valence-electron chi connectivity index (χ2n) is 6.47. The van der Waals surface area contributed by atoms with Gasteiger partial charge in [-0.3, -0.25) is 4.79 Å². The molecule has 0 bridgehead atoms. The van der Waals surface area contributed by atoms with Crippen LogP contribution >= 0.6 is 15.9 Å². The molecular weight excluding hydrogens is 472 g/mol. The van der Waals surface area contributed by atoms with Crippen molar-refractivity contribution in [2.75, 3.05) is 7.11 Å². The summed E-state index contributed by atoms with van der Waals surface area (Å²) in [6, 6.07) is 15.6. The highest BCUT2D eigenvalue weighted by molar-refractivity contribution is 9.10. The molecule has 1 aliphatic heterocycles. The van der Waals surface area contributed by atoms with E-state index in [0.29, 0.717) is 12.1 Å². The predicted molar refractivity (Wildman–Crippen MR) is 103 cm³/mol. The molecule has 1 aliphatic rings. The quantitative estimate of drug-likeness (QED) is 0.395. The highest BCUT2D eigenvalue weighted by Crippen LogP contribution is 2.26. The average molecular weight is 492 g/mol. The van der Waals surface area contributed by atoms with Gasteiger partial charge in [-0.1, -0.05) is 15.9 Å². The van der Waals surface area contributed by atoms with Crippen LogP contribution in [0.4, 0.5) is 0 Å². The van der Waals surface area contributed by atoms with Crippen molar-refractivity contribution in [3.8, 4) is 17.0 Å². The van der Waals surface area contributed by atoms with E-state index in [9.17, 15) is 4.79 Å². The minimum absolute atomic E-state index is 0. The lowest BCUT2D eigenvalue weighted by atomic mass is 10.1. The van der Waals surface area contributed by atoms with Gasteiger partial charge in [0.15, 0.2) is 12.2 Å². The van der Waals surface area contributed by atoms with Gasteiger partial charge in [-0.05, 0) is 55.0 Å². The molecule has 2 aromatic carbocycles. The summed E-state index contributed by atoms with van der Waals surface area (Å²) in [5.74, 6) is 2.10. The molecule has 0 atom stereocenters. The van der Waals surface area contributed by atoms with E-state index in [2.05, 4.69) is 55.5 Å². The molecule has 6 heteroatoms. The monoisotopic (exact) mass is 490 g/mol. The van der Waals surface area contributed by atoms with Crippen LogP contribution in [0.3, 0.4) is 0 Å². The lowest BCUT2D eigenvalue weighted by Gasteiger charge is -2.02. The standard InChI is InChI=1S/C21H20BrN2O2.BrH/c1-26-18-10-6-16(7-11-18)20(25)14-23-13-19(24-12-2-3-21(23)24)15-4-8-17(22)9-5-15;/h4-11,13H,2-3,12,14H2,1H3;1H/q+1;/p-1. The fraction of sp³-hybridized carbons (Fsp3) is 0.238. The first-order valence-corrected chi connectivity index (χ1v) is 9.50. The molecule has 0 aliphatic carbocycles. The van der Waals surface area contributed by atoms with Crippen molar-refractivity contribution in [3.05, 3.63) is 70.6 Å². The number of methoxy groups -OCH3 is 1. The van der Waals surface area contributed by atoms with Crippen LogP contribution < -0.4 is 26.3 Å². The SMILES string of the molecule is COc1ccc(C(=O)C[n+]2cc(-c3ccc(Br)cc3)n3c2CCC3)cc1.[Br-]. The Kier molecular flexibility index (Phi) is 6.17. The number of benzene rings is 2. The third-order valence-electron chi connectivity index (χ3n) is 4.86. The molecule has 27 heavy (non-hydrogen) atoms. The summed E-state index contributed by atoms with van der Waals surface area (Å²) in [6.45, 7) is 1.36. The lowest BCUT2D eigenvalue weighted by molar-refractivity contribution is -0.689. The van der Waals surface area contributed by atoms with Gasteiger partial charge in [-0.2, -0.15) is 0 Å². The Labute approximate surface area is 177 Å². The van der Waals surface area contributed by atoms with Crippen molar-refractivity contribution in [2.24, 2.45) is 0 Å². The first-order chi connectivity index (χ1) is 12.7. The lowest BCUT2D eigenvalue weighted by Crippen LogP contribution is -3.00. The fourth-order valence-electron chi connectivity index (χ4n) is 3.52. The summed E-state index contributed by atoms with van der Waals surface area (Å²) < 4.78 is 10.7. The molecule has 140 valence electrons. The Hall–Kier alpha value is -1.92. The predicted octanol–water partition coefficient (Wildman–Crippen LogP) is 1.05. The molecule has 0 spiro atoms. The summed E-state index contributed by atoms with van der Waals surface area (Å²) >= 11 is 3.49. The maximum absolute atomic E-state index is 12.7. The fourth-order valence-corrected chi connectivity index (χ4v) is 3.78. The highest BCUT2D eigenvalue weighted by Gasteiger charge is 2.29. The Morgan fingerprint density at radius 3 is 2.52 bits per heavy atom. The number of rotatable bonds is 5. The summed E-state index contributed by atoms with van der Waals surface area (Å²) in [6.07, 6.45) is 4.24. The topological polar surface area (TPSA) is 35.1 Å². The van der Waals surface area contributed by atoms with Gasteiger partial charge in [0.1, 0.15) is 11.9 Å². The number of imidazole rings is 1. The smallest absolute Gasteiger partial charge is 0.257 e. The molecule has 4 nitrogen and oxygen atoms in total. The van der Waals surface area contributed by atoms with Crippen molar-refractivity contribution in [1.29, 1.82) is 0 Å². The molecular formula is C21H20Br2N2O2. The van der Waals surface area contributed by atoms with E-state index < -0.39 is 0 Å². The van der Waals surface area contributed by atoms with Crippen LogP contribution in [0.15, 0.2) is 59.2 Å². The molecule has 1 aromatic heterocycles. The molecule has 2 heterocycles. The minimum Gasteiger partial charge on any atom is -1.00 e. The Morgan fingerprint density at radius 2 is 1.85 bits per heavy atom. The molecule has 0 saturated heterocycles. The number of aromatic nitrogens is 2. The molecule has 0 radical (unpaired) electrons. The van der Waals surface area contributed by atoms with E-state index in [1.807, 2.05) is 24.3 Å². The Bertz CT molecular complexity index is 948. The number of hydrogen-bond donors (Lipinski definition) is 0. The van der Waals surface area contributed by atoms with Crippen LogP contribution in [0, 0.1) is 0 Å². The normalized spacial score (nSPS) is 12.4. The number of ketones is 1. The van der Waals surface area contributed by atoms with Crippen molar-refractivity contribution < 1.29 is 31.1 Å². The Morgan fingerprint density at radius 1 is 1.15 bits per heavy atom. The molecule has 4 rings (SSSR count). The summed E-state index contributed by atoms with van der Waals surface area (Å²) in [4.78, 5) is 12.7. The zero-order chi connectivity index (χ0) is 18.1. The van der Waals surface area contributed by atoms with E-state index in [1.54, 1.807) is 7.11 Å². The van der Waals surface area contributed by atoms with Gasteiger partial charge in [0.2, 0.25) is 5.78 Å². The summed E-state index contributed by atoms with van der Waals surface area (Å²) in [5, 5.41) is 0. The molecule has 3 aromatic rings. The van der Waals surface area contributed by atoms with Gasteiger partial charge < -0.3 is 21.7 Å². The maximum atomic E-state index is 12.7. The van der Waals surface area contributed by atoms with E-state index in [-0.39, 0.29) is 22.8 Å². The molecule has 0 N–H and O–H groups in total. The molecule has 0 saturated carbocycles. The van der Waals surface area contributed by atoms with E-state index in [4.69, 9.17) is 4.74 Å². The van der Waals surface area contributed by atoms with Gasteiger partial charge in [-0.25, -0.2) is 9.13 Å². The number of fused-ring (bicyclic) bond motifs is 1. The zero-order valence-corrected chi connectivity index (χ0v) is 18.2. The molecule has 0 amide bonds. The number of ether oxygens (including phenoxy) is 1. The van der Waals surface area contributed by atoms with Crippen LogP contribution in [0.25, 0.3) is 11.3 Å². The minimum atomic E-state index is 0. The van der Waals surface area contributed by atoms with Crippen molar-refractivity contribution in [3.63, 3.8) is 0 Å². The molecule has 0 fully saturated rings. The van der Waals surface area contributed by atoms with E-state index in [0.717, 1.165) is 29.6 Å². The third-order valence-corrected chi connectivity index (χ3v) is 5.39. The van der Waals surface area contributed by atoms with Gasteiger partial charge >= 0.3 is 0 Å². The first kappa shape index (κ1) is 19.8. The van der Waals surface area contributed by atoms with Gasteiger partial charge in [0.25, 0.3) is 5.82 Å². The third kappa shape index (κ3) is 4.01. The number of hydrogen-bond acceptors (Lipinski definition) is 2. The van der Waals surface area contributed by atoms with E-state index in [1.165, 1.54) is 17.1 Å². The maximum Gasteiger partial charge on any atom is 0.257 e. The first-order valence-electron chi connectivity index (χ1n) is 8.71. The Balaban J connectivity index is 0.00000210. The summed E-state index contributed by atoms with van der Waals surface area (Å²) in [7, 11) is 1.63. The summed E-state index contributed by atoms with van der Waals surface area (Å²) in [5.41, 5.74) is 3.06. The van der Waals surface area contributed by atoms with Crippen molar-refractivity contribution >= 4 is 21.7 Å². The second kappa shape index (κ2) is 8.40. The van der Waals surface area contributed by atoms with Crippen LogP contribution in [-0.4, -0.2) is 17.5 Å². The van der Waals surface area contributed by atoms with Crippen molar-refractivity contribution in [1.82, 2.24) is 4.57 Å². The van der Waals surface area contributed by atoms with Gasteiger partial charge in [-0.15, -0.1) is 0 Å². The second-order valence-corrected chi connectivity index (χ2v) is 7.39. The number of halogens is 2. The highest BCUT2D eigenvalue weighted by atomic mass is 79.9. The number of Topliss-reactive ketones (excluding diaryl/α,β-unsaturated/α-hetero) is 1. The van der Waals surface area contributed by atoms with Crippen LogP contribution in [0.1, 0.15) is 22.6 Å². The number of nitrogens with zero attached hydrogens (tertiary/aromatic N) is 2. The largest absolute Gasteiger partial charge is 1.00 e. The zero-order valence-electron chi connectivity index (χ0n) is 15.0. The van der Waals surface area contributed by atoms with Crippen molar-refractivity contribution in [2.45, 2.75) is 25.9 Å². The van der Waals surface area contributed by atoms with Crippen LogP contribution in [0.5, 0.6) is 5.75 Å².